The Morgan fingerprint density at radius 1 is 1.61 bits per heavy atom. The molecule has 0 aliphatic carbocycles. The predicted octanol–water partition coefficient (Wildman–Crippen LogP) is 3.50. The molecule has 0 fully saturated rings. The molecule has 1 atom stereocenters. The third-order valence-corrected chi connectivity index (χ3v) is 2.91. The summed E-state index contributed by atoms with van der Waals surface area (Å²) < 4.78 is 0. The SMILES string of the molecule is Cc1ccc(C(C#N)NCCCN=[N+]=[N-])cc1Cl. The smallest absolute Gasteiger partial charge is 0.121 e. The molecule has 18 heavy (non-hydrogen) atoms. The molecule has 0 radical (unpaired) electrons. The highest BCUT2D eigenvalue weighted by molar-refractivity contribution is 6.31. The van der Waals surface area contributed by atoms with Crippen molar-refractivity contribution in [2.75, 3.05) is 13.1 Å². The van der Waals surface area contributed by atoms with Crippen LogP contribution in [0.2, 0.25) is 5.02 Å². The van der Waals surface area contributed by atoms with Gasteiger partial charge in [-0.25, -0.2) is 0 Å². The van der Waals surface area contributed by atoms with E-state index < -0.39 is 6.04 Å². The van der Waals surface area contributed by atoms with Crippen LogP contribution in [0.25, 0.3) is 10.4 Å². The molecule has 0 aromatic heterocycles. The molecule has 0 bridgehead atoms. The van der Waals surface area contributed by atoms with E-state index in [1.54, 1.807) is 6.07 Å². The molecule has 0 spiro atoms. The molecule has 1 aromatic carbocycles. The van der Waals surface area contributed by atoms with E-state index in [0.717, 1.165) is 11.1 Å². The van der Waals surface area contributed by atoms with Crippen molar-refractivity contribution in [3.63, 3.8) is 0 Å². The van der Waals surface area contributed by atoms with Gasteiger partial charge in [0.1, 0.15) is 6.04 Å². The zero-order chi connectivity index (χ0) is 13.4. The minimum absolute atomic E-state index is 0.394. The average molecular weight is 264 g/mol. The first-order chi connectivity index (χ1) is 8.69. The maximum atomic E-state index is 9.10. The molecule has 0 amide bonds. The number of halogens is 1. The minimum atomic E-state index is -0.394. The Bertz CT molecular complexity index is 488. The molecule has 1 aromatic rings. The van der Waals surface area contributed by atoms with E-state index in [2.05, 4.69) is 21.4 Å². The summed E-state index contributed by atoms with van der Waals surface area (Å²) in [6.45, 7) is 2.96. The van der Waals surface area contributed by atoms with Crippen LogP contribution < -0.4 is 5.32 Å². The van der Waals surface area contributed by atoms with Gasteiger partial charge in [0.25, 0.3) is 0 Å². The van der Waals surface area contributed by atoms with Gasteiger partial charge in [-0.15, -0.1) is 0 Å². The molecule has 0 saturated carbocycles. The quantitative estimate of drug-likeness (QED) is 0.369. The van der Waals surface area contributed by atoms with Crippen molar-refractivity contribution in [3.05, 3.63) is 44.8 Å². The van der Waals surface area contributed by atoms with Crippen LogP contribution in [0.15, 0.2) is 23.3 Å². The minimum Gasteiger partial charge on any atom is -0.298 e. The van der Waals surface area contributed by atoms with Crippen LogP contribution in [0.1, 0.15) is 23.6 Å². The predicted molar refractivity (Wildman–Crippen MR) is 71.2 cm³/mol. The Kier molecular flexibility index (Phi) is 6.03. The third kappa shape index (κ3) is 4.27. The Labute approximate surface area is 111 Å². The molecule has 0 aliphatic rings. The lowest BCUT2D eigenvalue weighted by Gasteiger charge is -2.12. The lowest BCUT2D eigenvalue weighted by molar-refractivity contribution is 0.607. The molecule has 0 heterocycles. The summed E-state index contributed by atoms with van der Waals surface area (Å²) in [6, 6.07) is 7.36. The molecule has 94 valence electrons. The van der Waals surface area contributed by atoms with Crippen LogP contribution >= 0.6 is 11.6 Å². The van der Waals surface area contributed by atoms with Gasteiger partial charge in [-0.1, -0.05) is 28.8 Å². The van der Waals surface area contributed by atoms with E-state index in [4.69, 9.17) is 22.4 Å². The number of hydrogen-bond donors (Lipinski definition) is 1. The maximum absolute atomic E-state index is 9.10. The van der Waals surface area contributed by atoms with Gasteiger partial charge in [-0.2, -0.15) is 5.26 Å². The van der Waals surface area contributed by atoms with Gasteiger partial charge in [0, 0.05) is 16.5 Å². The van der Waals surface area contributed by atoms with Crippen molar-refractivity contribution in [3.8, 4) is 6.07 Å². The van der Waals surface area contributed by atoms with Crippen LogP contribution in [0.3, 0.4) is 0 Å². The van der Waals surface area contributed by atoms with E-state index in [9.17, 15) is 0 Å². The van der Waals surface area contributed by atoms with E-state index in [-0.39, 0.29) is 0 Å². The Hall–Kier alpha value is -1.73. The number of azide groups is 1. The van der Waals surface area contributed by atoms with Gasteiger partial charge in [0.15, 0.2) is 0 Å². The van der Waals surface area contributed by atoms with Gasteiger partial charge < -0.3 is 0 Å². The number of nitrogens with zero attached hydrogens (tertiary/aromatic N) is 4. The van der Waals surface area contributed by atoms with Crippen molar-refractivity contribution >= 4 is 11.6 Å². The first kappa shape index (κ1) is 14.3. The fourth-order valence-corrected chi connectivity index (χ4v) is 1.66. The summed E-state index contributed by atoms with van der Waals surface area (Å²) in [5, 5.41) is 16.3. The molecular formula is C12H14ClN5. The molecule has 1 unspecified atom stereocenters. The summed E-state index contributed by atoms with van der Waals surface area (Å²) >= 11 is 6.03. The van der Waals surface area contributed by atoms with E-state index in [1.807, 2.05) is 19.1 Å². The van der Waals surface area contributed by atoms with Gasteiger partial charge in [0.2, 0.25) is 0 Å². The number of hydrogen-bond acceptors (Lipinski definition) is 3. The van der Waals surface area contributed by atoms with Gasteiger partial charge >= 0.3 is 0 Å². The van der Waals surface area contributed by atoms with Crippen LogP contribution in [-0.2, 0) is 0 Å². The maximum Gasteiger partial charge on any atom is 0.121 e. The Balaban J connectivity index is 2.58. The Morgan fingerprint density at radius 2 is 2.39 bits per heavy atom. The molecule has 5 nitrogen and oxygen atoms in total. The number of rotatable bonds is 6. The molecule has 0 saturated heterocycles. The highest BCUT2D eigenvalue weighted by Crippen LogP contribution is 2.21. The largest absolute Gasteiger partial charge is 0.298 e. The lowest BCUT2D eigenvalue weighted by atomic mass is 10.1. The second-order valence-corrected chi connectivity index (χ2v) is 4.24. The van der Waals surface area contributed by atoms with Crippen LogP contribution in [0.4, 0.5) is 0 Å². The van der Waals surface area contributed by atoms with Crippen molar-refractivity contribution in [2.24, 2.45) is 5.11 Å². The Morgan fingerprint density at radius 3 is 3.00 bits per heavy atom. The van der Waals surface area contributed by atoms with Gasteiger partial charge in [-0.05, 0) is 42.6 Å². The van der Waals surface area contributed by atoms with E-state index in [1.165, 1.54) is 0 Å². The highest BCUT2D eigenvalue weighted by Gasteiger charge is 2.10. The third-order valence-electron chi connectivity index (χ3n) is 2.50. The second-order valence-electron chi connectivity index (χ2n) is 3.83. The van der Waals surface area contributed by atoms with Crippen molar-refractivity contribution in [1.29, 1.82) is 5.26 Å². The summed E-state index contributed by atoms with van der Waals surface area (Å²) in [5.74, 6) is 0. The molecule has 6 heteroatoms. The number of nitrogens with one attached hydrogen (secondary N) is 1. The number of aryl methyl sites for hydroxylation is 1. The summed E-state index contributed by atoms with van der Waals surface area (Å²) in [4.78, 5) is 2.67. The van der Waals surface area contributed by atoms with Crippen LogP contribution in [-0.4, -0.2) is 13.1 Å². The average Bonchev–Trinajstić information content (AvgIpc) is 2.37. The fourth-order valence-electron chi connectivity index (χ4n) is 1.47. The monoisotopic (exact) mass is 263 g/mol. The van der Waals surface area contributed by atoms with Crippen LogP contribution in [0.5, 0.6) is 0 Å². The zero-order valence-electron chi connectivity index (χ0n) is 10.1. The van der Waals surface area contributed by atoms with Crippen molar-refractivity contribution in [1.82, 2.24) is 5.32 Å². The molecule has 1 N–H and O–H groups in total. The summed E-state index contributed by atoms with van der Waals surface area (Å²) in [7, 11) is 0. The first-order valence-electron chi connectivity index (χ1n) is 5.59. The lowest BCUT2D eigenvalue weighted by Crippen LogP contribution is -2.21. The standard InChI is InChI=1S/C12H14ClN5/c1-9-3-4-10(7-11(9)13)12(8-14)16-5-2-6-17-18-15/h3-4,7,12,16H,2,5-6H2,1H3. The fraction of sp³-hybridized carbons (Fsp3) is 0.417. The van der Waals surface area contributed by atoms with Gasteiger partial charge in [0.05, 0.1) is 6.07 Å². The van der Waals surface area contributed by atoms with Crippen LogP contribution in [0, 0.1) is 18.3 Å². The van der Waals surface area contributed by atoms with Crippen molar-refractivity contribution < 1.29 is 0 Å². The topological polar surface area (TPSA) is 84.6 Å². The second kappa shape index (κ2) is 7.57. The van der Waals surface area contributed by atoms with E-state index >= 15 is 0 Å². The number of nitriles is 1. The summed E-state index contributed by atoms with van der Waals surface area (Å²) in [6.07, 6.45) is 0.696. The first-order valence-corrected chi connectivity index (χ1v) is 5.96. The van der Waals surface area contributed by atoms with E-state index in [0.29, 0.717) is 24.5 Å². The zero-order valence-corrected chi connectivity index (χ0v) is 10.9. The molecular weight excluding hydrogens is 250 g/mol. The molecule has 0 aliphatic heterocycles. The normalized spacial score (nSPS) is 11.4. The van der Waals surface area contributed by atoms with Crippen molar-refractivity contribution in [2.45, 2.75) is 19.4 Å². The summed E-state index contributed by atoms with van der Waals surface area (Å²) in [5.41, 5.74) is 9.96. The highest BCUT2D eigenvalue weighted by atomic mass is 35.5. The molecule has 1 rings (SSSR count). The van der Waals surface area contributed by atoms with Gasteiger partial charge in [-0.3, -0.25) is 5.32 Å². The number of benzene rings is 1.